The van der Waals surface area contributed by atoms with Gasteiger partial charge >= 0.3 is 0 Å². The van der Waals surface area contributed by atoms with Crippen molar-refractivity contribution >= 4 is 45.0 Å². The van der Waals surface area contributed by atoms with Crippen LogP contribution in [0.2, 0.25) is 0 Å². The average Bonchev–Trinajstić information content (AvgIpc) is 2.95. The van der Waals surface area contributed by atoms with Crippen molar-refractivity contribution in [2.45, 2.75) is 0 Å². The number of rotatable bonds is 3. The van der Waals surface area contributed by atoms with Gasteiger partial charge in [0.2, 0.25) is 5.91 Å². The largest absolute Gasteiger partial charge is 0.366 e. The molecule has 4 N–H and O–H groups in total. The summed E-state index contributed by atoms with van der Waals surface area (Å²) >= 11 is 4.33. The molecule has 0 atom stereocenters. The molecule has 21 heavy (non-hydrogen) atoms. The van der Waals surface area contributed by atoms with Gasteiger partial charge < -0.3 is 5.73 Å². The van der Waals surface area contributed by atoms with Crippen LogP contribution < -0.4 is 16.6 Å². The summed E-state index contributed by atoms with van der Waals surface area (Å²) in [6.07, 6.45) is 0. The summed E-state index contributed by atoms with van der Waals surface area (Å²) in [5, 5.41) is 1.48. The molecule has 0 unspecified atom stereocenters. The van der Waals surface area contributed by atoms with Crippen LogP contribution in [0.15, 0.2) is 40.2 Å². The highest BCUT2D eigenvalue weighted by Crippen LogP contribution is 2.14. The first-order valence-corrected chi connectivity index (χ1v) is 7.39. The zero-order valence-electron chi connectivity index (χ0n) is 10.6. The highest BCUT2D eigenvalue weighted by Gasteiger charge is 2.13. The van der Waals surface area contributed by atoms with Gasteiger partial charge in [-0.15, -0.1) is 11.3 Å². The topological polar surface area (TPSA) is 101 Å². The minimum atomic E-state index is -0.607. The van der Waals surface area contributed by atoms with Gasteiger partial charge in [-0.2, -0.15) is 0 Å². The summed E-state index contributed by atoms with van der Waals surface area (Å²) in [5.41, 5.74) is 10.3. The first-order chi connectivity index (χ1) is 9.97. The third-order valence-corrected chi connectivity index (χ3v) is 3.96. The highest BCUT2D eigenvalue weighted by molar-refractivity contribution is 9.10. The molecule has 0 radical (unpaired) electrons. The standard InChI is InChI=1S/C13H10BrN3O3S/c14-9-3-1-7(2-4-9)12(19)16-17-13(20)10-5-8(6-21-10)11(15)18/h1-6H,(H2,15,18)(H,16,19)(H,17,20). The van der Waals surface area contributed by atoms with Crippen molar-refractivity contribution in [3.63, 3.8) is 0 Å². The molecular weight excluding hydrogens is 358 g/mol. The molecule has 0 bridgehead atoms. The van der Waals surface area contributed by atoms with Gasteiger partial charge in [-0.1, -0.05) is 15.9 Å². The molecule has 0 fully saturated rings. The van der Waals surface area contributed by atoms with E-state index in [4.69, 9.17) is 5.73 Å². The summed E-state index contributed by atoms with van der Waals surface area (Å²) in [7, 11) is 0. The van der Waals surface area contributed by atoms with E-state index in [1.807, 2.05) is 0 Å². The Morgan fingerprint density at radius 2 is 1.62 bits per heavy atom. The van der Waals surface area contributed by atoms with E-state index in [1.54, 1.807) is 24.3 Å². The number of amides is 3. The van der Waals surface area contributed by atoms with E-state index in [2.05, 4.69) is 26.8 Å². The molecular formula is C13H10BrN3O3S. The quantitative estimate of drug-likeness (QED) is 0.719. The molecule has 0 aliphatic carbocycles. The molecule has 1 heterocycles. The lowest BCUT2D eigenvalue weighted by molar-refractivity contribution is 0.0849. The smallest absolute Gasteiger partial charge is 0.279 e. The van der Waals surface area contributed by atoms with Gasteiger partial charge in [-0.05, 0) is 30.3 Å². The first kappa shape index (κ1) is 15.2. The number of halogens is 1. The van der Waals surface area contributed by atoms with Crippen molar-refractivity contribution in [1.29, 1.82) is 0 Å². The van der Waals surface area contributed by atoms with Crippen LogP contribution in [0.3, 0.4) is 0 Å². The molecule has 0 saturated heterocycles. The lowest BCUT2D eigenvalue weighted by Gasteiger charge is -2.06. The normalized spacial score (nSPS) is 9.95. The third-order valence-electron chi connectivity index (χ3n) is 2.50. The van der Waals surface area contributed by atoms with Crippen LogP contribution in [0.4, 0.5) is 0 Å². The van der Waals surface area contributed by atoms with Crippen LogP contribution >= 0.6 is 27.3 Å². The molecule has 6 nitrogen and oxygen atoms in total. The Morgan fingerprint density at radius 1 is 1.00 bits per heavy atom. The van der Waals surface area contributed by atoms with Gasteiger partial charge in [-0.3, -0.25) is 25.2 Å². The highest BCUT2D eigenvalue weighted by atomic mass is 79.9. The minimum Gasteiger partial charge on any atom is -0.366 e. The Hall–Kier alpha value is -2.19. The Bertz CT molecular complexity index is 697. The number of nitrogens with one attached hydrogen (secondary N) is 2. The van der Waals surface area contributed by atoms with Crippen LogP contribution in [0.1, 0.15) is 30.4 Å². The van der Waals surface area contributed by atoms with Gasteiger partial charge in [0.1, 0.15) is 0 Å². The average molecular weight is 368 g/mol. The van der Waals surface area contributed by atoms with Crippen molar-refractivity contribution in [3.8, 4) is 0 Å². The number of hydrazine groups is 1. The van der Waals surface area contributed by atoms with Gasteiger partial charge in [0, 0.05) is 15.4 Å². The van der Waals surface area contributed by atoms with Crippen LogP contribution in [0, 0.1) is 0 Å². The fraction of sp³-hybridized carbons (Fsp3) is 0. The zero-order valence-corrected chi connectivity index (χ0v) is 13.0. The molecule has 0 aliphatic heterocycles. The summed E-state index contributed by atoms with van der Waals surface area (Å²) in [5.74, 6) is -1.57. The number of nitrogens with two attached hydrogens (primary N) is 1. The van der Waals surface area contributed by atoms with Crippen molar-refractivity contribution in [2.75, 3.05) is 0 Å². The Balaban J connectivity index is 1.95. The monoisotopic (exact) mass is 367 g/mol. The van der Waals surface area contributed by atoms with E-state index in [9.17, 15) is 14.4 Å². The maximum Gasteiger partial charge on any atom is 0.279 e. The van der Waals surface area contributed by atoms with E-state index in [0.717, 1.165) is 15.8 Å². The predicted octanol–water partition coefficient (Wildman–Crippen LogP) is 1.68. The van der Waals surface area contributed by atoms with Crippen LogP contribution in [-0.2, 0) is 0 Å². The molecule has 0 spiro atoms. The second-order valence-electron chi connectivity index (χ2n) is 3.98. The maximum atomic E-state index is 11.8. The molecule has 2 aromatic rings. The van der Waals surface area contributed by atoms with Crippen LogP contribution in [0.25, 0.3) is 0 Å². The van der Waals surface area contributed by atoms with E-state index in [-0.39, 0.29) is 10.4 Å². The maximum absolute atomic E-state index is 11.8. The molecule has 108 valence electrons. The lowest BCUT2D eigenvalue weighted by atomic mass is 10.2. The van der Waals surface area contributed by atoms with Crippen LogP contribution in [0.5, 0.6) is 0 Å². The number of thiophene rings is 1. The van der Waals surface area contributed by atoms with Crippen molar-refractivity contribution in [3.05, 3.63) is 56.2 Å². The second kappa shape index (κ2) is 6.51. The van der Waals surface area contributed by atoms with E-state index in [0.29, 0.717) is 5.56 Å². The lowest BCUT2D eigenvalue weighted by Crippen LogP contribution is -2.41. The van der Waals surface area contributed by atoms with Crippen molar-refractivity contribution in [2.24, 2.45) is 5.73 Å². The molecule has 0 aliphatic rings. The Morgan fingerprint density at radius 3 is 2.19 bits per heavy atom. The van der Waals surface area contributed by atoms with Crippen molar-refractivity contribution < 1.29 is 14.4 Å². The Kier molecular flexibility index (Phi) is 4.71. The molecule has 1 aromatic heterocycles. The summed E-state index contributed by atoms with van der Waals surface area (Å²) in [6, 6.07) is 8.03. The summed E-state index contributed by atoms with van der Waals surface area (Å²) in [6.45, 7) is 0. The molecule has 8 heteroatoms. The third kappa shape index (κ3) is 3.89. The molecule has 0 saturated carbocycles. The number of hydrogen-bond donors (Lipinski definition) is 3. The summed E-state index contributed by atoms with van der Waals surface area (Å²) in [4.78, 5) is 34.8. The number of carbonyl (C=O) groups is 3. The van der Waals surface area contributed by atoms with Gasteiger partial charge in [0.25, 0.3) is 11.8 Å². The summed E-state index contributed by atoms with van der Waals surface area (Å²) < 4.78 is 0.848. The molecule has 2 rings (SSSR count). The fourth-order valence-corrected chi connectivity index (χ4v) is 2.49. The number of hydrogen-bond acceptors (Lipinski definition) is 4. The van der Waals surface area contributed by atoms with Crippen LogP contribution in [-0.4, -0.2) is 17.7 Å². The SMILES string of the molecule is NC(=O)c1csc(C(=O)NNC(=O)c2ccc(Br)cc2)c1. The first-order valence-electron chi connectivity index (χ1n) is 5.72. The fourth-order valence-electron chi connectivity index (χ4n) is 1.43. The molecule has 3 amide bonds. The minimum absolute atomic E-state index is 0.254. The van der Waals surface area contributed by atoms with E-state index < -0.39 is 17.7 Å². The predicted molar refractivity (Wildman–Crippen MR) is 81.9 cm³/mol. The Labute approximate surface area is 132 Å². The van der Waals surface area contributed by atoms with Gasteiger partial charge in [0.15, 0.2) is 0 Å². The second-order valence-corrected chi connectivity index (χ2v) is 5.81. The van der Waals surface area contributed by atoms with Crippen molar-refractivity contribution in [1.82, 2.24) is 10.9 Å². The molecule has 1 aromatic carbocycles. The number of primary amides is 1. The van der Waals surface area contributed by atoms with E-state index in [1.165, 1.54) is 11.4 Å². The zero-order chi connectivity index (χ0) is 15.4. The van der Waals surface area contributed by atoms with E-state index >= 15 is 0 Å². The number of carbonyl (C=O) groups excluding carboxylic acids is 3. The number of benzene rings is 1. The van der Waals surface area contributed by atoms with Gasteiger partial charge in [0.05, 0.1) is 10.4 Å². The van der Waals surface area contributed by atoms with Gasteiger partial charge in [-0.25, -0.2) is 0 Å².